The maximum Gasteiger partial charge on any atom is 0.307 e. The number of aliphatic carboxylic acids is 1. The van der Waals surface area contributed by atoms with Crippen molar-refractivity contribution in [3.05, 3.63) is 66.0 Å². The van der Waals surface area contributed by atoms with Crippen LogP contribution in [0.1, 0.15) is 17.7 Å². The van der Waals surface area contributed by atoms with Crippen molar-refractivity contribution in [2.24, 2.45) is 11.1 Å². The summed E-state index contributed by atoms with van der Waals surface area (Å²) in [7, 11) is 0. The molecular formula is C16H16N2O3. The molecule has 1 heterocycles. The molecule has 0 saturated carbocycles. The fourth-order valence-electron chi connectivity index (χ4n) is 2.11. The molecule has 5 nitrogen and oxygen atoms in total. The Labute approximate surface area is 122 Å². The van der Waals surface area contributed by atoms with Gasteiger partial charge in [-0.1, -0.05) is 41.6 Å². The summed E-state index contributed by atoms with van der Waals surface area (Å²) < 4.78 is 0. The summed E-state index contributed by atoms with van der Waals surface area (Å²) >= 11 is 0. The molecule has 1 aromatic carbocycles. The number of nitrogens with zero attached hydrogens (tertiary/aromatic N) is 2. The second-order valence-electron chi connectivity index (χ2n) is 4.69. The zero-order valence-electron chi connectivity index (χ0n) is 11.4. The Bertz CT molecular complexity index is 612. The number of carboxylic acid groups (broad SMARTS) is 1. The average Bonchev–Trinajstić information content (AvgIpc) is 2.53. The molecule has 2 aromatic rings. The van der Waals surface area contributed by atoms with E-state index in [1.165, 1.54) is 0 Å². The minimum absolute atomic E-state index is 0.123. The second kappa shape index (κ2) is 7.19. The molecule has 0 bridgehead atoms. The van der Waals surface area contributed by atoms with Crippen LogP contribution in [0, 0.1) is 5.92 Å². The first kappa shape index (κ1) is 14.7. The molecule has 2 rings (SSSR count). The highest BCUT2D eigenvalue weighted by atomic mass is 16.4. The fourth-order valence-corrected chi connectivity index (χ4v) is 2.11. The summed E-state index contributed by atoms with van der Waals surface area (Å²) in [6.07, 6.45) is 2.08. The van der Waals surface area contributed by atoms with E-state index in [1.807, 2.05) is 30.3 Å². The van der Waals surface area contributed by atoms with Crippen LogP contribution in [0.15, 0.2) is 59.9 Å². The van der Waals surface area contributed by atoms with Crippen LogP contribution in [0.25, 0.3) is 0 Å². The van der Waals surface area contributed by atoms with E-state index in [9.17, 15) is 9.90 Å². The van der Waals surface area contributed by atoms with Crippen molar-refractivity contribution in [2.75, 3.05) is 0 Å². The lowest BCUT2D eigenvalue weighted by molar-refractivity contribution is -0.141. The van der Waals surface area contributed by atoms with Crippen LogP contribution >= 0.6 is 0 Å². The first-order valence-corrected chi connectivity index (χ1v) is 6.59. The van der Waals surface area contributed by atoms with Gasteiger partial charge in [0.05, 0.1) is 11.6 Å². The minimum Gasteiger partial charge on any atom is -0.481 e. The summed E-state index contributed by atoms with van der Waals surface area (Å²) in [4.78, 5) is 15.5. The van der Waals surface area contributed by atoms with Crippen LogP contribution in [0.4, 0.5) is 0 Å². The van der Waals surface area contributed by atoms with E-state index in [4.69, 9.17) is 5.21 Å². The quantitative estimate of drug-likeness (QED) is 0.485. The second-order valence-corrected chi connectivity index (χ2v) is 4.69. The van der Waals surface area contributed by atoms with Crippen molar-refractivity contribution in [2.45, 2.75) is 12.8 Å². The van der Waals surface area contributed by atoms with Crippen LogP contribution in [-0.4, -0.2) is 27.0 Å². The lowest BCUT2D eigenvalue weighted by Gasteiger charge is -2.13. The highest BCUT2D eigenvalue weighted by molar-refractivity contribution is 6.00. The van der Waals surface area contributed by atoms with Crippen molar-refractivity contribution >= 4 is 11.7 Å². The topological polar surface area (TPSA) is 82.8 Å². The van der Waals surface area contributed by atoms with Gasteiger partial charge in [-0.15, -0.1) is 0 Å². The van der Waals surface area contributed by atoms with Crippen LogP contribution in [0.3, 0.4) is 0 Å². The SMILES string of the molecule is O=C(O)C(C/C(=N\O)c1ccccn1)Cc1ccccc1. The normalized spacial score (nSPS) is 12.9. The van der Waals surface area contributed by atoms with E-state index < -0.39 is 11.9 Å². The van der Waals surface area contributed by atoms with Gasteiger partial charge >= 0.3 is 5.97 Å². The first-order chi connectivity index (χ1) is 10.2. The van der Waals surface area contributed by atoms with Crippen molar-refractivity contribution in [1.82, 2.24) is 4.98 Å². The van der Waals surface area contributed by atoms with E-state index >= 15 is 0 Å². The largest absolute Gasteiger partial charge is 0.481 e. The number of carboxylic acids is 1. The highest BCUT2D eigenvalue weighted by Gasteiger charge is 2.22. The Morgan fingerprint density at radius 3 is 2.43 bits per heavy atom. The molecule has 1 unspecified atom stereocenters. The maximum absolute atomic E-state index is 11.4. The average molecular weight is 284 g/mol. The van der Waals surface area contributed by atoms with E-state index in [0.29, 0.717) is 12.1 Å². The number of pyridine rings is 1. The zero-order valence-corrected chi connectivity index (χ0v) is 11.4. The van der Waals surface area contributed by atoms with Gasteiger partial charge in [0.1, 0.15) is 5.71 Å². The lowest BCUT2D eigenvalue weighted by atomic mass is 9.93. The Morgan fingerprint density at radius 2 is 1.86 bits per heavy atom. The van der Waals surface area contributed by atoms with Gasteiger partial charge in [-0.05, 0) is 24.1 Å². The third-order valence-electron chi connectivity index (χ3n) is 3.20. The molecule has 0 fully saturated rings. The van der Waals surface area contributed by atoms with Gasteiger partial charge in [0.25, 0.3) is 0 Å². The highest BCUT2D eigenvalue weighted by Crippen LogP contribution is 2.16. The monoisotopic (exact) mass is 284 g/mol. The number of hydrogen-bond donors (Lipinski definition) is 2. The summed E-state index contributed by atoms with van der Waals surface area (Å²) in [6, 6.07) is 14.6. The van der Waals surface area contributed by atoms with Gasteiger partial charge in [-0.3, -0.25) is 9.78 Å². The van der Waals surface area contributed by atoms with Gasteiger partial charge in [-0.25, -0.2) is 0 Å². The number of oxime groups is 1. The number of hydrogen-bond acceptors (Lipinski definition) is 4. The molecule has 0 spiro atoms. The fraction of sp³-hybridized carbons (Fsp3) is 0.188. The molecule has 1 aromatic heterocycles. The van der Waals surface area contributed by atoms with Gasteiger partial charge in [0.2, 0.25) is 0 Å². The number of carbonyl (C=O) groups is 1. The molecule has 0 aliphatic rings. The smallest absolute Gasteiger partial charge is 0.307 e. The number of benzene rings is 1. The Balaban J connectivity index is 2.14. The van der Waals surface area contributed by atoms with Crippen molar-refractivity contribution in [3.8, 4) is 0 Å². The first-order valence-electron chi connectivity index (χ1n) is 6.59. The van der Waals surface area contributed by atoms with Crippen molar-refractivity contribution < 1.29 is 15.1 Å². The molecule has 108 valence electrons. The third-order valence-corrected chi connectivity index (χ3v) is 3.20. The van der Waals surface area contributed by atoms with Gasteiger partial charge in [0.15, 0.2) is 0 Å². The van der Waals surface area contributed by atoms with E-state index in [2.05, 4.69) is 10.1 Å². The van der Waals surface area contributed by atoms with E-state index in [-0.39, 0.29) is 12.1 Å². The van der Waals surface area contributed by atoms with Crippen molar-refractivity contribution in [3.63, 3.8) is 0 Å². The predicted octanol–water partition coefficient (Wildman–Crippen LogP) is 2.59. The molecule has 1 atom stereocenters. The van der Waals surface area contributed by atoms with Crippen LogP contribution < -0.4 is 0 Å². The van der Waals surface area contributed by atoms with Crippen LogP contribution in [-0.2, 0) is 11.2 Å². The molecule has 0 aliphatic heterocycles. The van der Waals surface area contributed by atoms with Crippen molar-refractivity contribution in [1.29, 1.82) is 0 Å². The van der Waals surface area contributed by atoms with Gasteiger partial charge < -0.3 is 10.3 Å². The minimum atomic E-state index is -0.920. The van der Waals surface area contributed by atoms with Gasteiger partial charge in [-0.2, -0.15) is 0 Å². The molecule has 0 radical (unpaired) electrons. The molecular weight excluding hydrogens is 268 g/mol. The third kappa shape index (κ3) is 4.14. The van der Waals surface area contributed by atoms with E-state index in [0.717, 1.165) is 5.56 Å². The Hall–Kier alpha value is -2.69. The summed E-state index contributed by atoms with van der Waals surface area (Å²) in [5, 5.41) is 21.7. The zero-order chi connectivity index (χ0) is 15.1. The molecule has 0 saturated heterocycles. The lowest BCUT2D eigenvalue weighted by Crippen LogP contribution is -2.21. The van der Waals surface area contributed by atoms with Gasteiger partial charge in [0, 0.05) is 12.6 Å². The standard InChI is InChI=1S/C16H16N2O3/c19-16(20)13(10-12-6-2-1-3-7-12)11-15(18-21)14-8-4-5-9-17-14/h1-9,13,21H,10-11H2,(H,19,20)/b18-15+. The molecule has 5 heteroatoms. The molecule has 2 N–H and O–H groups in total. The maximum atomic E-state index is 11.4. The van der Waals surface area contributed by atoms with Crippen LogP contribution in [0.2, 0.25) is 0 Å². The Morgan fingerprint density at radius 1 is 1.14 bits per heavy atom. The summed E-state index contributed by atoms with van der Waals surface area (Å²) in [5.74, 6) is -1.59. The Kier molecular flexibility index (Phi) is 5.04. The molecule has 21 heavy (non-hydrogen) atoms. The number of aromatic nitrogens is 1. The summed E-state index contributed by atoms with van der Waals surface area (Å²) in [6.45, 7) is 0. The molecule has 0 amide bonds. The van der Waals surface area contributed by atoms with E-state index in [1.54, 1.807) is 24.4 Å². The number of rotatable bonds is 6. The van der Waals surface area contributed by atoms with Crippen LogP contribution in [0.5, 0.6) is 0 Å². The predicted molar refractivity (Wildman–Crippen MR) is 78.4 cm³/mol. The summed E-state index contributed by atoms with van der Waals surface area (Å²) in [5.41, 5.74) is 1.70. The molecule has 0 aliphatic carbocycles.